The van der Waals surface area contributed by atoms with Gasteiger partial charge in [-0.25, -0.2) is 13.4 Å². The second-order valence-electron chi connectivity index (χ2n) is 8.04. The van der Waals surface area contributed by atoms with Crippen LogP contribution >= 0.6 is 22.9 Å². The molecule has 5 nitrogen and oxygen atoms in total. The molecule has 1 aliphatic rings. The third kappa shape index (κ3) is 4.80. The van der Waals surface area contributed by atoms with E-state index in [1.54, 1.807) is 15.6 Å². The van der Waals surface area contributed by atoms with E-state index in [1.165, 1.54) is 5.56 Å². The summed E-state index contributed by atoms with van der Waals surface area (Å²) in [5, 5.41) is 3.75. The van der Waals surface area contributed by atoms with Gasteiger partial charge < -0.3 is 4.90 Å². The van der Waals surface area contributed by atoms with Crippen molar-refractivity contribution in [1.82, 2.24) is 9.29 Å². The summed E-state index contributed by atoms with van der Waals surface area (Å²) in [6.07, 6.45) is 0.758. The Morgan fingerprint density at radius 3 is 2.23 bits per heavy atom. The van der Waals surface area contributed by atoms with Crippen molar-refractivity contribution in [3.05, 3.63) is 74.7 Å². The van der Waals surface area contributed by atoms with Crippen LogP contribution in [0.15, 0.2) is 46.7 Å². The zero-order valence-corrected chi connectivity index (χ0v) is 20.3. The molecule has 0 radical (unpaired) electrons. The second-order valence-corrected chi connectivity index (χ2v) is 11.2. The fourth-order valence-electron chi connectivity index (χ4n) is 4.16. The summed E-state index contributed by atoms with van der Waals surface area (Å²) < 4.78 is 28.2. The molecular weight excluding hydrogens is 450 g/mol. The number of benzene rings is 2. The van der Waals surface area contributed by atoms with Crippen LogP contribution in [0.25, 0.3) is 0 Å². The Labute approximate surface area is 193 Å². The summed E-state index contributed by atoms with van der Waals surface area (Å²) >= 11 is 7.57. The summed E-state index contributed by atoms with van der Waals surface area (Å²) in [6.45, 7) is 7.93. The van der Waals surface area contributed by atoms with Gasteiger partial charge in [0.1, 0.15) is 0 Å². The Morgan fingerprint density at radius 1 is 1.00 bits per heavy atom. The van der Waals surface area contributed by atoms with Gasteiger partial charge in [0.05, 0.1) is 10.6 Å². The topological polar surface area (TPSA) is 53.5 Å². The molecule has 0 N–H and O–H groups in total. The lowest BCUT2D eigenvalue weighted by molar-refractivity contribution is 0.384. The first-order valence-electron chi connectivity index (χ1n) is 10.3. The second kappa shape index (κ2) is 8.90. The highest BCUT2D eigenvalue weighted by Crippen LogP contribution is 2.28. The van der Waals surface area contributed by atoms with Gasteiger partial charge in [-0.1, -0.05) is 41.4 Å². The molecule has 1 aliphatic heterocycles. The minimum atomic E-state index is -3.51. The molecule has 3 aromatic rings. The Kier molecular flexibility index (Phi) is 6.40. The van der Waals surface area contributed by atoms with E-state index in [0.29, 0.717) is 31.1 Å². The van der Waals surface area contributed by atoms with Crippen molar-refractivity contribution in [3.63, 3.8) is 0 Å². The van der Waals surface area contributed by atoms with E-state index in [1.807, 2.05) is 57.2 Å². The quantitative estimate of drug-likeness (QED) is 0.530. The molecule has 2 heterocycles. The number of halogens is 1. The van der Waals surface area contributed by atoms with Gasteiger partial charge in [-0.3, -0.25) is 0 Å². The molecular formula is C23H26ClN3O2S2. The smallest absolute Gasteiger partial charge is 0.243 e. The summed E-state index contributed by atoms with van der Waals surface area (Å²) in [5.74, 6) is 0. The molecule has 0 spiro atoms. The van der Waals surface area contributed by atoms with Crippen LogP contribution in [0.2, 0.25) is 5.02 Å². The fraction of sp³-hybridized carbons (Fsp3) is 0.348. The number of piperazine rings is 1. The molecule has 0 amide bonds. The molecule has 1 aromatic heterocycles. The largest absolute Gasteiger partial charge is 0.345 e. The van der Waals surface area contributed by atoms with Crippen molar-refractivity contribution in [2.75, 3.05) is 31.1 Å². The van der Waals surface area contributed by atoms with E-state index in [0.717, 1.165) is 39.0 Å². The normalized spacial score (nSPS) is 15.4. The van der Waals surface area contributed by atoms with Crippen LogP contribution in [0, 0.1) is 20.8 Å². The number of aromatic nitrogens is 1. The average Bonchev–Trinajstić information content (AvgIpc) is 3.17. The van der Waals surface area contributed by atoms with Crippen molar-refractivity contribution < 1.29 is 8.42 Å². The van der Waals surface area contributed by atoms with E-state index < -0.39 is 10.0 Å². The molecule has 8 heteroatoms. The number of anilines is 1. The van der Waals surface area contributed by atoms with Gasteiger partial charge in [0.2, 0.25) is 10.0 Å². The van der Waals surface area contributed by atoms with Crippen molar-refractivity contribution in [2.24, 2.45) is 0 Å². The fourth-order valence-corrected chi connectivity index (χ4v) is 7.00. The lowest BCUT2D eigenvalue weighted by Crippen LogP contribution is -2.48. The summed E-state index contributed by atoms with van der Waals surface area (Å²) in [7, 11) is -3.51. The van der Waals surface area contributed by atoms with Crippen LogP contribution in [0.4, 0.5) is 5.13 Å². The molecule has 0 bridgehead atoms. The standard InChI is InChI=1S/C23H26ClN3O2S2/c1-16-12-17(2)22(18(3)13-16)31(28,29)27-10-8-26(9-11-27)23-25-21(15-30-23)14-19-4-6-20(24)7-5-19/h4-7,12-13,15H,8-11,14H2,1-3H3. The number of nitrogens with zero attached hydrogens (tertiary/aromatic N) is 3. The number of sulfonamides is 1. The molecule has 1 fully saturated rings. The van der Waals surface area contributed by atoms with E-state index in [2.05, 4.69) is 10.3 Å². The molecule has 0 unspecified atom stereocenters. The third-order valence-corrected chi connectivity index (χ3v) is 8.96. The Hall–Kier alpha value is -1.93. The Morgan fingerprint density at radius 2 is 1.61 bits per heavy atom. The molecule has 164 valence electrons. The van der Waals surface area contributed by atoms with Crippen molar-refractivity contribution in [2.45, 2.75) is 32.1 Å². The summed E-state index contributed by atoms with van der Waals surface area (Å²) in [4.78, 5) is 7.41. The van der Waals surface area contributed by atoms with Crippen molar-refractivity contribution in [1.29, 1.82) is 0 Å². The average molecular weight is 476 g/mol. The third-order valence-electron chi connectivity index (χ3n) is 5.55. The highest BCUT2D eigenvalue weighted by atomic mass is 35.5. The van der Waals surface area contributed by atoms with Gasteiger partial charge in [-0.15, -0.1) is 11.3 Å². The van der Waals surface area contributed by atoms with Crippen LogP contribution in [0.5, 0.6) is 0 Å². The lowest BCUT2D eigenvalue weighted by Gasteiger charge is -2.34. The van der Waals surface area contributed by atoms with E-state index in [4.69, 9.17) is 16.6 Å². The molecule has 31 heavy (non-hydrogen) atoms. The van der Waals surface area contributed by atoms with Crippen molar-refractivity contribution >= 4 is 38.1 Å². The summed E-state index contributed by atoms with van der Waals surface area (Å²) in [5.41, 5.74) is 4.89. The number of hydrogen-bond donors (Lipinski definition) is 0. The number of rotatable bonds is 5. The molecule has 1 saturated heterocycles. The zero-order valence-electron chi connectivity index (χ0n) is 17.9. The SMILES string of the molecule is Cc1cc(C)c(S(=O)(=O)N2CCN(c3nc(Cc4ccc(Cl)cc4)cs3)CC2)c(C)c1. The zero-order chi connectivity index (χ0) is 22.2. The van der Waals surface area contributed by atoms with E-state index in [9.17, 15) is 8.42 Å². The maximum atomic E-state index is 13.3. The monoisotopic (exact) mass is 475 g/mol. The number of aryl methyl sites for hydroxylation is 3. The molecule has 0 saturated carbocycles. The Balaban J connectivity index is 1.43. The van der Waals surface area contributed by atoms with Gasteiger partial charge >= 0.3 is 0 Å². The number of hydrogen-bond acceptors (Lipinski definition) is 5. The molecule has 0 atom stereocenters. The minimum absolute atomic E-state index is 0.450. The van der Waals surface area contributed by atoms with Crippen LogP contribution < -0.4 is 4.90 Å². The maximum absolute atomic E-state index is 13.3. The summed E-state index contributed by atoms with van der Waals surface area (Å²) in [6, 6.07) is 11.7. The van der Waals surface area contributed by atoms with E-state index >= 15 is 0 Å². The van der Waals surface area contributed by atoms with Crippen LogP contribution in [-0.2, 0) is 16.4 Å². The Bertz CT molecular complexity index is 1160. The highest BCUT2D eigenvalue weighted by Gasteiger charge is 2.31. The molecule has 0 aliphatic carbocycles. The van der Waals surface area contributed by atoms with Crippen LogP contribution in [-0.4, -0.2) is 43.9 Å². The molecule has 4 rings (SSSR count). The minimum Gasteiger partial charge on any atom is -0.345 e. The highest BCUT2D eigenvalue weighted by molar-refractivity contribution is 7.89. The number of thiazole rings is 1. The van der Waals surface area contributed by atoms with Gasteiger partial charge in [-0.05, 0) is 49.6 Å². The first kappa shape index (κ1) is 22.3. The lowest BCUT2D eigenvalue weighted by atomic mass is 10.1. The van der Waals surface area contributed by atoms with E-state index in [-0.39, 0.29) is 0 Å². The van der Waals surface area contributed by atoms with Gasteiger partial charge in [0.15, 0.2) is 5.13 Å². The maximum Gasteiger partial charge on any atom is 0.243 e. The van der Waals surface area contributed by atoms with Crippen LogP contribution in [0.1, 0.15) is 27.9 Å². The predicted molar refractivity (Wildman–Crippen MR) is 128 cm³/mol. The first-order chi connectivity index (χ1) is 14.7. The first-order valence-corrected chi connectivity index (χ1v) is 13.0. The predicted octanol–water partition coefficient (Wildman–Crippen LogP) is 4.82. The van der Waals surface area contributed by atoms with Crippen LogP contribution in [0.3, 0.4) is 0 Å². The van der Waals surface area contributed by atoms with Gasteiger partial charge in [-0.2, -0.15) is 4.31 Å². The van der Waals surface area contributed by atoms with Gasteiger partial charge in [0, 0.05) is 43.0 Å². The molecule has 2 aromatic carbocycles. The van der Waals surface area contributed by atoms with Gasteiger partial charge in [0.25, 0.3) is 0 Å². The van der Waals surface area contributed by atoms with Crippen molar-refractivity contribution in [3.8, 4) is 0 Å².